The molecular formula is C39H44Cl2N8O6S. The van der Waals surface area contributed by atoms with Crippen molar-refractivity contribution >= 4 is 56.8 Å². The molecule has 2 aliphatic heterocycles. The van der Waals surface area contributed by atoms with Crippen molar-refractivity contribution in [3.05, 3.63) is 86.4 Å². The number of hydrogen-bond acceptors (Lipinski definition) is 8. The number of imidazole rings is 2. The molecule has 1 amide bonds. The van der Waals surface area contributed by atoms with Crippen LogP contribution >= 0.6 is 23.2 Å². The summed E-state index contributed by atoms with van der Waals surface area (Å²) in [5.74, 6) is -0.847. The second-order valence-corrected chi connectivity index (χ2v) is 18.2. The molecule has 2 saturated carbocycles. The summed E-state index contributed by atoms with van der Waals surface area (Å²) < 4.78 is 28.5. The van der Waals surface area contributed by atoms with Crippen LogP contribution < -0.4 is 10.5 Å². The first-order chi connectivity index (χ1) is 26.6. The van der Waals surface area contributed by atoms with Crippen LogP contribution in [0.5, 0.6) is 0 Å². The maximum Gasteiger partial charge on any atom is 0.309 e. The first kappa shape index (κ1) is 38.7. The van der Waals surface area contributed by atoms with Gasteiger partial charge in [-0.05, 0) is 62.1 Å². The highest BCUT2D eigenvalue weighted by molar-refractivity contribution is 7.86. The monoisotopic (exact) mass is 822 g/mol. The van der Waals surface area contributed by atoms with Crippen molar-refractivity contribution in [1.82, 2.24) is 28.3 Å². The number of carbonyl (C=O) groups is 3. The van der Waals surface area contributed by atoms with Gasteiger partial charge in [-0.2, -0.15) is 12.7 Å². The van der Waals surface area contributed by atoms with Gasteiger partial charge in [0.25, 0.3) is 16.1 Å². The second-order valence-electron chi connectivity index (χ2n) is 15.9. The number of carboxylic acid groups (broad SMARTS) is 1. The molecule has 2 aromatic heterocycles. The molecule has 17 heteroatoms. The maximum absolute atomic E-state index is 13.7. The van der Waals surface area contributed by atoms with Crippen LogP contribution in [0.2, 0.25) is 10.0 Å². The Morgan fingerprint density at radius 3 is 2.18 bits per heavy atom. The Balaban J connectivity index is 0.946. The number of ketones is 1. The topological polar surface area (TPSA) is 186 Å². The highest BCUT2D eigenvalue weighted by atomic mass is 35.5. The van der Waals surface area contributed by atoms with E-state index >= 15 is 0 Å². The average Bonchev–Trinajstić information content (AvgIpc) is 3.92. The molecule has 4 aromatic rings. The number of hydrogen-bond donors (Lipinski definition) is 3. The number of carboxylic acids is 1. The molecule has 4 aliphatic rings. The smallest absolute Gasteiger partial charge is 0.309 e. The number of fused-ring (bicyclic) bond motifs is 4. The van der Waals surface area contributed by atoms with E-state index in [4.69, 9.17) is 33.3 Å². The van der Waals surface area contributed by atoms with E-state index < -0.39 is 27.5 Å². The third-order valence-electron chi connectivity index (χ3n) is 12.7. The number of rotatable bonds is 11. The first-order valence-corrected chi connectivity index (χ1v) is 21.1. The Morgan fingerprint density at radius 1 is 0.875 bits per heavy atom. The van der Waals surface area contributed by atoms with Gasteiger partial charge in [0.1, 0.15) is 0 Å². The van der Waals surface area contributed by atoms with Gasteiger partial charge in [0.2, 0.25) is 5.78 Å². The lowest BCUT2D eigenvalue weighted by molar-refractivity contribution is -0.148. The molecule has 8 rings (SSSR count). The van der Waals surface area contributed by atoms with Gasteiger partial charge < -0.3 is 19.6 Å². The average molecular weight is 824 g/mol. The van der Waals surface area contributed by atoms with E-state index in [1.807, 2.05) is 11.6 Å². The van der Waals surface area contributed by atoms with Gasteiger partial charge in [0.05, 0.1) is 39.1 Å². The molecule has 4 heterocycles. The Labute approximate surface area is 335 Å². The van der Waals surface area contributed by atoms with E-state index in [0.717, 1.165) is 79.4 Å². The highest BCUT2D eigenvalue weighted by Crippen LogP contribution is 2.63. The van der Waals surface area contributed by atoms with Gasteiger partial charge in [-0.15, -0.1) is 0 Å². The minimum Gasteiger partial charge on any atom is -0.481 e. The van der Waals surface area contributed by atoms with Crippen LogP contribution in [0.4, 0.5) is 5.69 Å². The minimum absolute atomic E-state index is 0.00222. The predicted molar refractivity (Wildman–Crippen MR) is 211 cm³/mol. The largest absolute Gasteiger partial charge is 0.481 e. The fraction of sp³-hybridized carbons (Fsp3) is 0.462. The Hall–Kier alpha value is -4.12. The van der Waals surface area contributed by atoms with Crippen molar-refractivity contribution in [3.63, 3.8) is 0 Å². The number of anilines is 1. The van der Waals surface area contributed by atoms with Crippen molar-refractivity contribution in [2.24, 2.45) is 30.1 Å². The van der Waals surface area contributed by atoms with Gasteiger partial charge in [-0.1, -0.05) is 53.5 Å². The van der Waals surface area contributed by atoms with Crippen molar-refractivity contribution in [2.75, 3.05) is 25.0 Å². The number of halogens is 2. The van der Waals surface area contributed by atoms with Crippen LogP contribution in [-0.2, 0) is 61.5 Å². The number of carbonyl (C=O) groups excluding carboxylic acids is 2. The lowest BCUT2D eigenvalue weighted by atomic mass is 9.80. The summed E-state index contributed by atoms with van der Waals surface area (Å²) in [6.45, 7) is 2.55. The van der Waals surface area contributed by atoms with Gasteiger partial charge in [-0.25, -0.2) is 15.1 Å². The van der Waals surface area contributed by atoms with E-state index in [0.29, 0.717) is 46.1 Å². The Kier molecular flexibility index (Phi) is 9.94. The molecule has 14 nitrogen and oxygen atoms in total. The van der Waals surface area contributed by atoms with E-state index in [1.54, 1.807) is 48.0 Å². The van der Waals surface area contributed by atoms with Gasteiger partial charge in [0.15, 0.2) is 11.6 Å². The zero-order chi connectivity index (χ0) is 39.7. The summed E-state index contributed by atoms with van der Waals surface area (Å²) in [5, 5.41) is 18.7. The lowest BCUT2D eigenvalue weighted by Gasteiger charge is -2.32. The van der Waals surface area contributed by atoms with Gasteiger partial charge in [-0.3, -0.25) is 19.3 Å². The van der Waals surface area contributed by atoms with Crippen molar-refractivity contribution in [3.8, 4) is 11.1 Å². The normalized spacial score (nSPS) is 22.2. The molecule has 4 N–H and O–H groups in total. The lowest BCUT2D eigenvalue weighted by Crippen LogP contribution is -2.40. The summed E-state index contributed by atoms with van der Waals surface area (Å²) in [4.78, 5) is 50.9. The fourth-order valence-corrected chi connectivity index (χ4v) is 10.7. The standard InChI is InChI=1S/C39H44Cl2N8O6S/c1-46-30-10-17-49(56(42,54)55)21-28(30)43-34(46)31(50)19-23-5-3-6-24(32(23)40)25-7-4-8-26(33(25)41)45-36(51)35-44-27-20-48(16-9-29(27)47(35)2)18-15-38-11-13-39(22-38,14-12-38)37(52)53/h3-8H,9-22H2,1-2H3,(H,45,51)(H,52,53)(H2,42,54,55). The molecule has 0 saturated heterocycles. The highest BCUT2D eigenvalue weighted by Gasteiger charge is 2.57. The number of benzene rings is 2. The first-order valence-electron chi connectivity index (χ1n) is 18.8. The molecular weight excluding hydrogens is 779 g/mol. The molecule has 2 fully saturated rings. The number of aromatic nitrogens is 4. The maximum atomic E-state index is 13.7. The molecule has 2 aliphatic carbocycles. The summed E-state index contributed by atoms with van der Waals surface area (Å²) in [6.07, 6.45) is 6.36. The van der Waals surface area contributed by atoms with Gasteiger partial charge >= 0.3 is 5.97 Å². The second kappa shape index (κ2) is 14.4. The van der Waals surface area contributed by atoms with Crippen LogP contribution in [0.1, 0.15) is 88.1 Å². The van der Waals surface area contributed by atoms with E-state index in [9.17, 15) is 27.9 Å². The number of aliphatic carboxylic acids is 1. The molecule has 0 spiro atoms. The summed E-state index contributed by atoms with van der Waals surface area (Å²) >= 11 is 13.9. The van der Waals surface area contributed by atoms with Crippen LogP contribution in [0.3, 0.4) is 0 Å². The predicted octanol–water partition coefficient (Wildman–Crippen LogP) is 5.15. The quantitative estimate of drug-likeness (QED) is 0.172. The summed E-state index contributed by atoms with van der Waals surface area (Å²) in [7, 11) is -0.305. The molecule has 0 unspecified atom stereocenters. The van der Waals surface area contributed by atoms with E-state index in [2.05, 4.69) is 15.2 Å². The van der Waals surface area contributed by atoms with E-state index in [1.165, 1.54) is 0 Å². The molecule has 0 atom stereocenters. The number of Topliss-reactive ketones (excluding diaryl/α,β-unsaturated/α-hetero) is 1. The van der Waals surface area contributed by atoms with Crippen LogP contribution in [0, 0.1) is 10.8 Å². The molecule has 2 bridgehead atoms. The summed E-state index contributed by atoms with van der Waals surface area (Å²) in [5.41, 5.74) is 4.85. The zero-order valence-electron chi connectivity index (χ0n) is 31.3. The van der Waals surface area contributed by atoms with Crippen molar-refractivity contribution in [2.45, 2.75) is 70.9 Å². The van der Waals surface area contributed by atoms with Crippen molar-refractivity contribution in [1.29, 1.82) is 0 Å². The SMILES string of the molecule is Cn1c(C(=O)Cc2cccc(-c3cccc(NC(=O)c4nc5c(n4C)CCN(CCC46CCC(C(=O)O)(CC4)C6)C5)c3Cl)c2Cl)nc2c1CCN(S(N)(=O)=O)C2. The van der Waals surface area contributed by atoms with E-state index in [-0.39, 0.29) is 47.4 Å². The number of amides is 1. The Morgan fingerprint density at radius 2 is 1.50 bits per heavy atom. The van der Waals surface area contributed by atoms with Crippen LogP contribution in [0.25, 0.3) is 11.1 Å². The van der Waals surface area contributed by atoms with Crippen molar-refractivity contribution < 1.29 is 27.9 Å². The molecule has 2 aromatic carbocycles. The summed E-state index contributed by atoms with van der Waals surface area (Å²) in [6, 6.07) is 10.6. The minimum atomic E-state index is -3.89. The van der Waals surface area contributed by atoms with Crippen LogP contribution in [-0.4, -0.2) is 79.1 Å². The third kappa shape index (κ3) is 6.85. The third-order valence-corrected chi connectivity index (χ3v) is 14.6. The zero-order valence-corrected chi connectivity index (χ0v) is 33.6. The fourth-order valence-electron chi connectivity index (χ4n) is 9.49. The molecule has 0 radical (unpaired) electrons. The van der Waals surface area contributed by atoms with Crippen LogP contribution in [0.15, 0.2) is 36.4 Å². The number of nitrogens with zero attached hydrogens (tertiary/aromatic N) is 6. The number of nitrogens with one attached hydrogen (secondary N) is 1. The number of nitrogens with two attached hydrogens (primary N) is 1. The molecule has 296 valence electrons. The molecule has 56 heavy (non-hydrogen) atoms. The van der Waals surface area contributed by atoms with Gasteiger partial charge in [0, 0.05) is 75.5 Å². The Bertz CT molecular complexity index is 2400.